The zero-order valence-corrected chi connectivity index (χ0v) is 16.1. The van der Waals surface area contributed by atoms with E-state index in [9.17, 15) is 14.4 Å². The van der Waals surface area contributed by atoms with Gasteiger partial charge >= 0.3 is 11.7 Å². The molecule has 3 rings (SSSR count). The van der Waals surface area contributed by atoms with Crippen LogP contribution in [0.25, 0.3) is 0 Å². The lowest BCUT2D eigenvalue weighted by molar-refractivity contribution is -0.137. The number of hydrogen-bond acceptors (Lipinski definition) is 3. The Kier molecular flexibility index (Phi) is 5.41. The third-order valence-corrected chi connectivity index (χ3v) is 5.24. The quantitative estimate of drug-likeness (QED) is 0.677. The van der Waals surface area contributed by atoms with Gasteiger partial charge in [0.2, 0.25) is 0 Å². The first-order chi connectivity index (χ1) is 12.9. The summed E-state index contributed by atoms with van der Waals surface area (Å²) in [5.74, 6) is -1.26. The molecule has 0 aliphatic rings. The first-order valence-corrected chi connectivity index (χ1v) is 9.04. The number of aliphatic carboxylic acids is 1. The fourth-order valence-corrected chi connectivity index (χ4v) is 3.48. The van der Waals surface area contributed by atoms with Crippen molar-refractivity contribution < 1.29 is 9.90 Å². The van der Waals surface area contributed by atoms with Crippen molar-refractivity contribution >= 4 is 21.9 Å². The Bertz CT molecular complexity index is 1050. The molecule has 0 aliphatic carbocycles. The standard InChI is InChI=1S/C20H17BrN2O4/c1-13-17(21)19(26)22(12-16(24)25)20(27)23(13)18(14-8-4-2-5-9-14)15-10-6-3-7-11-15/h2-11,18H,12H2,1H3,(H,24,25). The average Bonchev–Trinajstić information content (AvgIpc) is 2.68. The molecule has 3 aromatic rings. The maximum atomic E-state index is 13.1. The molecule has 7 heteroatoms. The molecule has 6 nitrogen and oxygen atoms in total. The van der Waals surface area contributed by atoms with Gasteiger partial charge in [-0.1, -0.05) is 60.7 Å². The molecule has 27 heavy (non-hydrogen) atoms. The fraction of sp³-hybridized carbons (Fsp3) is 0.150. The lowest BCUT2D eigenvalue weighted by Gasteiger charge is -2.24. The molecule has 0 radical (unpaired) electrons. The molecule has 0 saturated heterocycles. The second-order valence-corrected chi connectivity index (χ2v) is 6.85. The number of carboxylic acids is 1. The highest BCUT2D eigenvalue weighted by atomic mass is 79.9. The van der Waals surface area contributed by atoms with Gasteiger partial charge in [0.15, 0.2) is 0 Å². The summed E-state index contributed by atoms with van der Waals surface area (Å²) in [6, 6.07) is 18.3. The van der Waals surface area contributed by atoms with E-state index in [0.29, 0.717) is 5.69 Å². The minimum atomic E-state index is -1.26. The second kappa shape index (κ2) is 7.75. The predicted octanol–water partition coefficient (Wildman–Crippen LogP) is 2.80. The van der Waals surface area contributed by atoms with Crippen LogP contribution in [0, 0.1) is 6.92 Å². The van der Waals surface area contributed by atoms with Crippen molar-refractivity contribution in [1.29, 1.82) is 0 Å². The van der Waals surface area contributed by atoms with E-state index in [2.05, 4.69) is 15.9 Å². The summed E-state index contributed by atoms with van der Waals surface area (Å²) in [5.41, 5.74) is 0.809. The summed E-state index contributed by atoms with van der Waals surface area (Å²) in [4.78, 5) is 36.7. The molecule has 1 N–H and O–H groups in total. The predicted molar refractivity (Wildman–Crippen MR) is 105 cm³/mol. The smallest absolute Gasteiger partial charge is 0.332 e. The molecule has 1 aromatic heterocycles. The summed E-state index contributed by atoms with van der Waals surface area (Å²) >= 11 is 3.23. The van der Waals surface area contributed by atoms with Gasteiger partial charge in [0.05, 0.1) is 6.04 Å². The highest BCUT2D eigenvalue weighted by Gasteiger charge is 2.24. The molecule has 138 valence electrons. The van der Waals surface area contributed by atoms with Gasteiger partial charge in [0, 0.05) is 5.69 Å². The van der Waals surface area contributed by atoms with Crippen LogP contribution in [0.2, 0.25) is 0 Å². The van der Waals surface area contributed by atoms with Gasteiger partial charge in [0.1, 0.15) is 11.0 Å². The molecular weight excluding hydrogens is 412 g/mol. The van der Waals surface area contributed by atoms with Crippen LogP contribution in [0.5, 0.6) is 0 Å². The van der Waals surface area contributed by atoms with Crippen LogP contribution >= 0.6 is 15.9 Å². The van der Waals surface area contributed by atoms with Crippen molar-refractivity contribution in [2.75, 3.05) is 0 Å². The van der Waals surface area contributed by atoms with Crippen molar-refractivity contribution in [2.24, 2.45) is 0 Å². The Hall–Kier alpha value is -2.93. The van der Waals surface area contributed by atoms with Gasteiger partial charge in [0.25, 0.3) is 5.56 Å². The number of carbonyl (C=O) groups is 1. The van der Waals surface area contributed by atoms with Gasteiger partial charge in [-0.3, -0.25) is 14.2 Å². The lowest BCUT2D eigenvalue weighted by atomic mass is 9.98. The minimum absolute atomic E-state index is 0.167. The van der Waals surface area contributed by atoms with Crippen LogP contribution in [0.15, 0.2) is 74.7 Å². The van der Waals surface area contributed by atoms with E-state index in [1.54, 1.807) is 6.92 Å². The van der Waals surface area contributed by atoms with Crippen LogP contribution < -0.4 is 11.2 Å². The Morgan fingerprint density at radius 2 is 1.48 bits per heavy atom. The molecule has 0 unspecified atom stereocenters. The summed E-state index contributed by atoms with van der Waals surface area (Å²) < 4.78 is 2.36. The molecular formula is C20H17BrN2O4. The molecule has 0 bridgehead atoms. The van der Waals surface area contributed by atoms with Crippen molar-refractivity contribution in [3.8, 4) is 0 Å². The fourth-order valence-electron chi connectivity index (χ4n) is 3.08. The number of nitrogens with zero attached hydrogens (tertiary/aromatic N) is 2. The Morgan fingerprint density at radius 3 is 1.93 bits per heavy atom. The zero-order chi connectivity index (χ0) is 19.6. The average molecular weight is 429 g/mol. The molecule has 0 aliphatic heterocycles. The third kappa shape index (κ3) is 3.64. The largest absolute Gasteiger partial charge is 0.480 e. The van der Waals surface area contributed by atoms with Crippen LogP contribution in [-0.2, 0) is 11.3 Å². The maximum Gasteiger partial charge on any atom is 0.332 e. The second-order valence-electron chi connectivity index (χ2n) is 6.06. The molecule has 1 heterocycles. The maximum absolute atomic E-state index is 13.1. The zero-order valence-electron chi connectivity index (χ0n) is 14.5. The summed E-state index contributed by atoms with van der Waals surface area (Å²) in [5, 5.41) is 9.12. The Labute approximate surface area is 163 Å². The topological polar surface area (TPSA) is 81.3 Å². The Morgan fingerprint density at radius 1 is 1.00 bits per heavy atom. The third-order valence-electron chi connectivity index (χ3n) is 4.33. The summed E-state index contributed by atoms with van der Waals surface area (Å²) in [6.45, 7) is 0.962. The van der Waals surface area contributed by atoms with E-state index in [4.69, 9.17) is 5.11 Å². The molecule has 0 spiro atoms. The van der Waals surface area contributed by atoms with Crippen LogP contribution in [0.3, 0.4) is 0 Å². The van der Waals surface area contributed by atoms with Crippen molar-refractivity contribution in [3.05, 3.63) is 103 Å². The highest BCUT2D eigenvalue weighted by molar-refractivity contribution is 9.10. The van der Waals surface area contributed by atoms with Crippen LogP contribution in [0.1, 0.15) is 22.9 Å². The number of hydrogen-bond donors (Lipinski definition) is 1. The molecule has 0 saturated carbocycles. The van der Waals surface area contributed by atoms with E-state index < -0.39 is 29.8 Å². The summed E-state index contributed by atoms with van der Waals surface area (Å²) in [6.07, 6.45) is 0. The van der Waals surface area contributed by atoms with Crippen LogP contribution in [-0.4, -0.2) is 20.2 Å². The van der Waals surface area contributed by atoms with Gasteiger partial charge in [-0.05, 0) is 34.0 Å². The van der Waals surface area contributed by atoms with E-state index >= 15 is 0 Å². The van der Waals surface area contributed by atoms with E-state index in [1.165, 1.54) is 4.57 Å². The number of rotatable bonds is 5. The van der Waals surface area contributed by atoms with Gasteiger partial charge in [-0.2, -0.15) is 0 Å². The van der Waals surface area contributed by atoms with E-state index in [-0.39, 0.29) is 4.47 Å². The van der Waals surface area contributed by atoms with Crippen LogP contribution in [0.4, 0.5) is 0 Å². The van der Waals surface area contributed by atoms with Gasteiger partial charge in [-0.25, -0.2) is 9.36 Å². The normalized spacial score (nSPS) is 10.9. The SMILES string of the molecule is Cc1c(Br)c(=O)n(CC(=O)O)c(=O)n1C(c1ccccc1)c1ccccc1. The number of carboxylic acid groups (broad SMARTS) is 1. The number of halogens is 1. The van der Waals surface area contributed by atoms with Crippen molar-refractivity contribution in [2.45, 2.75) is 19.5 Å². The molecule has 0 amide bonds. The first kappa shape index (κ1) is 18.8. The molecule has 2 aromatic carbocycles. The van der Waals surface area contributed by atoms with Gasteiger partial charge < -0.3 is 5.11 Å². The number of benzene rings is 2. The molecule has 0 fully saturated rings. The lowest BCUT2D eigenvalue weighted by Crippen LogP contribution is -2.44. The first-order valence-electron chi connectivity index (χ1n) is 8.25. The monoisotopic (exact) mass is 428 g/mol. The van der Waals surface area contributed by atoms with Gasteiger partial charge in [-0.15, -0.1) is 0 Å². The van der Waals surface area contributed by atoms with E-state index in [0.717, 1.165) is 15.7 Å². The van der Waals surface area contributed by atoms with Crippen molar-refractivity contribution in [3.63, 3.8) is 0 Å². The molecule has 0 atom stereocenters. The number of aromatic nitrogens is 2. The van der Waals surface area contributed by atoms with E-state index in [1.807, 2.05) is 60.7 Å². The summed E-state index contributed by atoms with van der Waals surface area (Å²) in [7, 11) is 0. The minimum Gasteiger partial charge on any atom is -0.480 e. The van der Waals surface area contributed by atoms with Crippen molar-refractivity contribution in [1.82, 2.24) is 9.13 Å². The Balaban J connectivity index is 2.37. The highest BCUT2D eigenvalue weighted by Crippen LogP contribution is 2.27.